The second-order valence-corrected chi connectivity index (χ2v) is 14.6. The van der Waals surface area contributed by atoms with Crippen molar-refractivity contribution in [3.05, 3.63) is 205 Å². The van der Waals surface area contributed by atoms with Crippen molar-refractivity contribution in [1.82, 2.24) is 4.57 Å². The minimum Gasteiger partial charge on any atom is -0.310 e. The van der Waals surface area contributed by atoms with Crippen molar-refractivity contribution >= 4 is 38.9 Å². The zero-order chi connectivity index (χ0) is 35.5. The molecule has 10 rings (SSSR count). The highest BCUT2D eigenvalue weighted by atomic mass is 15.1. The lowest BCUT2D eigenvalue weighted by Gasteiger charge is -2.28. The van der Waals surface area contributed by atoms with Crippen molar-refractivity contribution in [2.75, 3.05) is 4.90 Å². The van der Waals surface area contributed by atoms with E-state index in [9.17, 15) is 0 Å². The highest BCUT2D eigenvalue weighted by molar-refractivity contribution is 6.11. The van der Waals surface area contributed by atoms with Gasteiger partial charge in [0.25, 0.3) is 0 Å². The van der Waals surface area contributed by atoms with Gasteiger partial charge in [0, 0.05) is 38.8 Å². The third-order valence-corrected chi connectivity index (χ3v) is 11.2. The van der Waals surface area contributed by atoms with Crippen LogP contribution in [0.15, 0.2) is 194 Å². The smallest absolute Gasteiger partial charge is 0.0541 e. The number of rotatable bonds is 6. The fourth-order valence-corrected chi connectivity index (χ4v) is 8.60. The topological polar surface area (TPSA) is 8.17 Å². The van der Waals surface area contributed by atoms with Crippen LogP contribution in [0.1, 0.15) is 25.0 Å². The van der Waals surface area contributed by atoms with Crippen molar-refractivity contribution in [3.63, 3.8) is 0 Å². The van der Waals surface area contributed by atoms with Gasteiger partial charge in [-0.3, -0.25) is 0 Å². The van der Waals surface area contributed by atoms with Crippen LogP contribution in [0.5, 0.6) is 0 Å². The summed E-state index contributed by atoms with van der Waals surface area (Å²) in [5, 5.41) is 2.50. The van der Waals surface area contributed by atoms with E-state index in [1.54, 1.807) is 0 Å². The van der Waals surface area contributed by atoms with E-state index in [-0.39, 0.29) is 5.41 Å². The van der Waals surface area contributed by atoms with Gasteiger partial charge in [0.1, 0.15) is 0 Å². The lowest BCUT2D eigenvalue weighted by atomic mass is 9.82. The molecule has 0 fully saturated rings. The van der Waals surface area contributed by atoms with Gasteiger partial charge < -0.3 is 9.47 Å². The van der Waals surface area contributed by atoms with Crippen LogP contribution in [0, 0.1) is 0 Å². The lowest BCUT2D eigenvalue weighted by Crippen LogP contribution is -2.16. The zero-order valence-corrected chi connectivity index (χ0v) is 29.9. The first kappa shape index (κ1) is 31.1. The highest BCUT2D eigenvalue weighted by Gasteiger charge is 2.35. The first-order valence-electron chi connectivity index (χ1n) is 18.4. The van der Waals surface area contributed by atoms with Gasteiger partial charge in [-0.2, -0.15) is 0 Å². The van der Waals surface area contributed by atoms with Crippen LogP contribution in [0.3, 0.4) is 0 Å². The molecule has 8 aromatic carbocycles. The van der Waals surface area contributed by atoms with E-state index in [2.05, 4.69) is 217 Å². The molecule has 0 aliphatic heterocycles. The summed E-state index contributed by atoms with van der Waals surface area (Å²) in [5.74, 6) is 0. The summed E-state index contributed by atoms with van der Waals surface area (Å²) in [6.07, 6.45) is 0. The Morgan fingerprint density at radius 1 is 0.377 bits per heavy atom. The molecule has 1 heterocycles. The van der Waals surface area contributed by atoms with Gasteiger partial charge in [0.15, 0.2) is 0 Å². The van der Waals surface area contributed by atoms with Gasteiger partial charge in [-0.25, -0.2) is 0 Å². The second kappa shape index (κ2) is 12.3. The van der Waals surface area contributed by atoms with E-state index in [1.807, 2.05) is 0 Å². The molecule has 1 aliphatic rings. The minimum absolute atomic E-state index is 0.0699. The normalized spacial score (nSPS) is 12.9. The molecule has 0 radical (unpaired) electrons. The number of para-hydroxylation sites is 3. The number of aromatic nitrogens is 1. The van der Waals surface area contributed by atoms with Crippen LogP contribution in [0.4, 0.5) is 17.1 Å². The molecule has 0 saturated carbocycles. The van der Waals surface area contributed by atoms with E-state index in [1.165, 1.54) is 72.0 Å². The van der Waals surface area contributed by atoms with E-state index < -0.39 is 0 Å². The monoisotopic (exact) mass is 678 g/mol. The van der Waals surface area contributed by atoms with Crippen LogP contribution >= 0.6 is 0 Å². The molecule has 0 N–H and O–H groups in total. The summed E-state index contributed by atoms with van der Waals surface area (Å²) < 4.78 is 2.42. The van der Waals surface area contributed by atoms with Gasteiger partial charge in [-0.15, -0.1) is 0 Å². The number of nitrogens with zero attached hydrogens (tertiary/aromatic N) is 2. The largest absolute Gasteiger partial charge is 0.310 e. The molecule has 252 valence electrons. The van der Waals surface area contributed by atoms with E-state index >= 15 is 0 Å². The summed E-state index contributed by atoms with van der Waals surface area (Å²) in [7, 11) is 0. The van der Waals surface area contributed by atoms with Gasteiger partial charge in [-0.05, 0) is 99.6 Å². The highest BCUT2D eigenvalue weighted by Crippen LogP contribution is 2.50. The summed E-state index contributed by atoms with van der Waals surface area (Å²) >= 11 is 0. The number of fused-ring (bicyclic) bond motifs is 6. The van der Waals surface area contributed by atoms with Crippen molar-refractivity contribution in [1.29, 1.82) is 0 Å². The summed E-state index contributed by atoms with van der Waals surface area (Å²) in [6.45, 7) is 4.69. The Balaban J connectivity index is 1.06. The third kappa shape index (κ3) is 5.02. The number of hydrogen-bond acceptors (Lipinski definition) is 1. The zero-order valence-electron chi connectivity index (χ0n) is 29.9. The van der Waals surface area contributed by atoms with E-state index in [4.69, 9.17) is 0 Å². The summed E-state index contributed by atoms with van der Waals surface area (Å²) in [4.78, 5) is 2.38. The Kier molecular flexibility index (Phi) is 7.19. The van der Waals surface area contributed by atoms with Crippen molar-refractivity contribution in [2.45, 2.75) is 19.3 Å². The van der Waals surface area contributed by atoms with Gasteiger partial charge in [0.05, 0.1) is 16.7 Å². The van der Waals surface area contributed by atoms with Crippen molar-refractivity contribution in [2.24, 2.45) is 0 Å². The SMILES string of the molecule is CC1(C)c2ccccc2-c2ccc(N(c3ccccc3)c3ccc(-c4ccc5c(c4)c4ccccc4n5-c4ccccc4-c4ccccc4)cc3)cc21. The molecule has 0 bridgehead atoms. The standard InChI is InChI=1S/C51H38N2/c1-51(2)46-22-12-9-20-42(46)43-31-30-40(34-47(43)51)52(38-17-7-4-8-18-38)39-28-25-35(26-29-39)37-27-32-50-45(33-37)44-21-11-14-24-49(44)53(50)48-23-13-10-19-41(48)36-15-5-3-6-16-36/h3-34H,1-2H3. The van der Waals surface area contributed by atoms with Crippen LogP contribution < -0.4 is 4.90 Å². The first-order chi connectivity index (χ1) is 26.1. The van der Waals surface area contributed by atoms with Crippen LogP contribution in [-0.2, 0) is 5.41 Å². The number of benzene rings is 8. The maximum Gasteiger partial charge on any atom is 0.0541 e. The van der Waals surface area contributed by atoms with Gasteiger partial charge in [-0.1, -0.05) is 147 Å². The van der Waals surface area contributed by atoms with E-state index in [0.29, 0.717) is 0 Å². The van der Waals surface area contributed by atoms with Crippen LogP contribution in [0.25, 0.3) is 60.9 Å². The average Bonchev–Trinajstić information content (AvgIpc) is 3.67. The molecule has 53 heavy (non-hydrogen) atoms. The molecular formula is C51H38N2. The predicted molar refractivity (Wildman–Crippen MR) is 224 cm³/mol. The van der Waals surface area contributed by atoms with Gasteiger partial charge in [0.2, 0.25) is 0 Å². The first-order valence-corrected chi connectivity index (χ1v) is 18.4. The molecule has 0 atom stereocenters. The quantitative estimate of drug-likeness (QED) is 0.170. The molecule has 1 aromatic heterocycles. The molecule has 0 spiro atoms. The molecule has 2 nitrogen and oxygen atoms in total. The van der Waals surface area contributed by atoms with Crippen LogP contribution in [0.2, 0.25) is 0 Å². The molecule has 1 aliphatic carbocycles. The fourth-order valence-electron chi connectivity index (χ4n) is 8.60. The Morgan fingerprint density at radius 3 is 1.77 bits per heavy atom. The fraction of sp³-hybridized carbons (Fsp3) is 0.0588. The molecular weight excluding hydrogens is 641 g/mol. The summed E-state index contributed by atoms with van der Waals surface area (Å²) in [5.41, 5.74) is 17.2. The Hall–Kier alpha value is -6.64. The number of anilines is 3. The Labute approximate surface area is 310 Å². The Bertz CT molecular complexity index is 2790. The van der Waals surface area contributed by atoms with Crippen molar-refractivity contribution in [3.8, 4) is 39.1 Å². The predicted octanol–water partition coefficient (Wildman–Crippen LogP) is 13.9. The molecule has 0 saturated heterocycles. The molecule has 0 unspecified atom stereocenters. The van der Waals surface area contributed by atoms with E-state index in [0.717, 1.165) is 17.1 Å². The van der Waals surface area contributed by atoms with Crippen LogP contribution in [-0.4, -0.2) is 4.57 Å². The Morgan fingerprint density at radius 2 is 0.962 bits per heavy atom. The average molecular weight is 679 g/mol. The molecule has 9 aromatic rings. The lowest BCUT2D eigenvalue weighted by molar-refractivity contribution is 0.660. The molecule has 0 amide bonds. The molecule has 2 heteroatoms. The van der Waals surface area contributed by atoms with Crippen molar-refractivity contribution < 1.29 is 0 Å². The van der Waals surface area contributed by atoms with Gasteiger partial charge >= 0.3 is 0 Å². The maximum absolute atomic E-state index is 2.42. The second-order valence-electron chi connectivity index (χ2n) is 14.6. The summed E-state index contributed by atoms with van der Waals surface area (Å²) in [6, 6.07) is 70.7. The minimum atomic E-state index is -0.0699. The number of hydrogen-bond donors (Lipinski definition) is 0. The maximum atomic E-state index is 2.42. The third-order valence-electron chi connectivity index (χ3n) is 11.2.